The second kappa shape index (κ2) is 4.44. The summed E-state index contributed by atoms with van der Waals surface area (Å²) < 4.78 is 29.8. The van der Waals surface area contributed by atoms with Crippen LogP contribution in [0.25, 0.3) is 22.0 Å². The lowest BCUT2D eigenvalue weighted by atomic mass is 9.86. The lowest BCUT2D eigenvalue weighted by Crippen LogP contribution is -2.02. The molecule has 2 aliphatic rings. The Morgan fingerprint density at radius 1 is 1.00 bits per heavy atom. The number of aryl methyl sites for hydroxylation is 1. The lowest BCUT2D eigenvalue weighted by Gasteiger charge is -2.20. The molecule has 1 saturated carbocycles. The average molecular weight is 309 g/mol. The Bertz CT molecular complexity index is 954. The van der Waals surface area contributed by atoms with Crippen LogP contribution in [0.2, 0.25) is 0 Å². The van der Waals surface area contributed by atoms with Crippen molar-refractivity contribution in [3.63, 3.8) is 0 Å². The second-order valence-electron chi connectivity index (χ2n) is 6.95. The quantitative estimate of drug-likeness (QED) is 0.560. The molecule has 0 N–H and O–H groups in total. The third-order valence-electron chi connectivity index (χ3n) is 5.73. The van der Waals surface area contributed by atoms with Gasteiger partial charge in [0.2, 0.25) is 0 Å². The molecule has 3 heteroatoms. The van der Waals surface area contributed by atoms with Crippen molar-refractivity contribution in [2.24, 2.45) is 7.05 Å². The van der Waals surface area contributed by atoms with E-state index in [0.717, 1.165) is 17.0 Å². The fourth-order valence-electron chi connectivity index (χ4n) is 4.75. The first-order valence-corrected chi connectivity index (χ1v) is 8.20. The SMILES string of the molecule is Cn1ccc2c(-c3ccc(F)cc3F)cc3c(c21)C1CCC3C1. The molecular formula is C20H17F2N. The Hall–Kier alpha value is -2.16. The second-order valence-corrected chi connectivity index (χ2v) is 6.95. The molecule has 2 aliphatic carbocycles. The van der Waals surface area contributed by atoms with Gasteiger partial charge in [0.15, 0.2) is 0 Å². The summed E-state index contributed by atoms with van der Waals surface area (Å²) in [6.45, 7) is 0. The highest BCUT2D eigenvalue weighted by Crippen LogP contribution is 2.56. The minimum absolute atomic E-state index is 0.488. The average Bonchev–Trinajstić information content (AvgIpc) is 3.22. The standard InChI is InChI=1S/C20H17F2N/c1-23-7-6-15-17(14-5-4-13(21)9-18(14)22)10-16-11-2-3-12(8-11)19(16)20(15)23/h4-7,9-12H,2-3,8H2,1H3. The van der Waals surface area contributed by atoms with Gasteiger partial charge in [0.25, 0.3) is 0 Å². The van der Waals surface area contributed by atoms with Gasteiger partial charge in [0.1, 0.15) is 11.6 Å². The molecule has 1 heterocycles. The molecule has 5 rings (SSSR count). The highest BCUT2D eigenvalue weighted by atomic mass is 19.1. The fourth-order valence-corrected chi connectivity index (χ4v) is 4.75. The van der Waals surface area contributed by atoms with Crippen LogP contribution in [0.3, 0.4) is 0 Å². The molecule has 1 fully saturated rings. The van der Waals surface area contributed by atoms with Gasteiger partial charge in [-0.05, 0) is 72.1 Å². The van der Waals surface area contributed by atoms with Crippen molar-refractivity contribution in [2.75, 3.05) is 0 Å². The maximum Gasteiger partial charge on any atom is 0.133 e. The highest BCUT2D eigenvalue weighted by Gasteiger charge is 2.39. The Labute approximate surface area is 133 Å². The van der Waals surface area contributed by atoms with E-state index in [9.17, 15) is 8.78 Å². The highest BCUT2D eigenvalue weighted by molar-refractivity contribution is 5.99. The van der Waals surface area contributed by atoms with Crippen LogP contribution in [0.4, 0.5) is 8.78 Å². The molecule has 0 amide bonds. The number of hydrogen-bond acceptors (Lipinski definition) is 0. The van der Waals surface area contributed by atoms with Gasteiger partial charge < -0.3 is 4.57 Å². The van der Waals surface area contributed by atoms with Crippen molar-refractivity contribution in [3.8, 4) is 11.1 Å². The van der Waals surface area contributed by atoms with Crippen LogP contribution in [-0.4, -0.2) is 4.57 Å². The Morgan fingerprint density at radius 3 is 2.65 bits per heavy atom. The lowest BCUT2D eigenvalue weighted by molar-refractivity contribution is 0.585. The number of hydrogen-bond donors (Lipinski definition) is 0. The number of nitrogens with zero attached hydrogens (tertiary/aromatic N) is 1. The zero-order chi connectivity index (χ0) is 15.7. The Morgan fingerprint density at radius 2 is 1.83 bits per heavy atom. The van der Waals surface area contributed by atoms with E-state index in [1.165, 1.54) is 42.0 Å². The van der Waals surface area contributed by atoms with E-state index >= 15 is 0 Å². The van der Waals surface area contributed by atoms with Crippen molar-refractivity contribution in [1.29, 1.82) is 0 Å². The summed E-state index contributed by atoms with van der Waals surface area (Å²) >= 11 is 0. The van der Waals surface area contributed by atoms with Crippen LogP contribution in [0.15, 0.2) is 36.5 Å². The smallest absolute Gasteiger partial charge is 0.133 e. The van der Waals surface area contributed by atoms with Crippen molar-refractivity contribution in [3.05, 3.63) is 59.3 Å². The van der Waals surface area contributed by atoms with E-state index in [4.69, 9.17) is 0 Å². The summed E-state index contributed by atoms with van der Waals surface area (Å²) in [5, 5.41) is 1.07. The first kappa shape index (κ1) is 13.3. The third kappa shape index (κ3) is 1.71. The third-order valence-corrected chi connectivity index (χ3v) is 5.73. The van der Waals surface area contributed by atoms with Crippen molar-refractivity contribution >= 4 is 10.9 Å². The van der Waals surface area contributed by atoms with E-state index in [2.05, 4.69) is 23.7 Å². The van der Waals surface area contributed by atoms with Crippen molar-refractivity contribution in [2.45, 2.75) is 31.1 Å². The summed E-state index contributed by atoms with van der Waals surface area (Å²) in [6, 6.07) is 8.10. The van der Waals surface area contributed by atoms with Crippen molar-refractivity contribution < 1.29 is 8.78 Å². The summed E-state index contributed by atoms with van der Waals surface area (Å²) in [4.78, 5) is 0. The molecule has 2 unspecified atom stereocenters. The van der Waals surface area contributed by atoms with Gasteiger partial charge in [-0.25, -0.2) is 8.78 Å². The van der Waals surface area contributed by atoms with Gasteiger partial charge in [-0.3, -0.25) is 0 Å². The molecule has 2 aromatic carbocycles. The Kier molecular flexibility index (Phi) is 2.56. The van der Waals surface area contributed by atoms with Crippen LogP contribution in [0.1, 0.15) is 42.2 Å². The maximum atomic E-state index is 14.4. The Balaban J connectivity index is 1.87. The number of rotatable bonds is 1. The van der Waals surface area contributed by atoms with Crippen LogP contribution in [0.5, 0.6) is 0 Å². The molecule has 23 heavy (non-hydrogen) atoms. The van der Waals surface area contributed by atoms with Gasteiger partial charge >= 0.3 is 0 Å². The number of benzene rings is 2. The maximum absolute atomic E-state index is 14.4. The van der Waals surface area contributed by atoms with Gasteiger partial charge in [-0.2, -0.15) is 0 Å². The summed E-state index contributed by atoms with van der Waals surface area (Å²) in [5.41, 5.74) is 5.47. The molecule has 116 valence electrons. The summed E-state index contributed by atoms with van der Waals surface area (Å²) in [5.74, 6) is 0.240. The molecule has 1 nitrogen and oxygen atoms in total. The predicted octanol–water partition coefficient (Wildman–Crippen LogP) is 5.49. The van der Waals surface area contributed by atoms with Gasteiger partial charge in [0.05, 0.1) is 5.52 Å². The first-order chi connectivity index (χ1) is 11.1. The van der Waals surface area contributed by atoms with Gasteiger partial charge in [0, 0.05) is 30.3 Å². The summed E-state index contributed by atoms with van der Waals surface area (Å²) in [6.07, 6.45) is 5.77. The van der Waals surface area contributed by atoms with E-state index in [1.807, 2.05) is 6.20 Å². The number of aromatic nitrogens is 1. The number of fused-ring (bicyclic) bond motifs is 7. The molecule has 0 radical (unpaired) electrons. The van der Waals surface area contributed by atoms with Crippen LogP contribution in [-0.2, 0) is 7.05 Å². The zero-order valence-corrected chi connectivity index (χ0v) is 12.9. The molecule has 0 saturated heterocycles. The summed E-state index contributed by atoms with van der Waals surface area (Å²) in [7, 11) is 2.05. The molecular weight excluding hydrogens is 292 g/mol. The predicted molar refractivity (Wildman–Crippen MR) is 87.6 cm³/mol. The van der Waals surface area contributed by atoms with E-state index in [0.29, 0.717) is 17.4 Å². The number of halogens is 2. The zero-order valence-electron chi connectivity index (χ0n) is 12.9. The van der Waals surface area contributed by atoms with Crippen LogP contribution in [0, 0.1) is 11.6 Å². The van der Waals surface area contributed by atoms with Crippen LogP contribution < -0.4 is 0 Å². The van der Waals surface area contributed by atoms with E-state index in [-0.39, 0.29) is 0 Å². The molecule has 1 aromatic heterocycles. The largest absolute Gasteiger partial charge is 0.350 e. The van der Waals surface area contributed by atoms with Crippen LogP contribution >= 0.6 is 0 Å². The van der Waals surface area contributed by atoms with Gasteiger partial charge in [-0.15, -0.1) is 0 Å². The fraction of sp³-hybridized carbons (Fsp3) is 0.300. The topological polar surface area (TPSA) is 4.93 Å². The van der Waals surface area contributed by atoms with E-state index in [1.54, 1.807) is 6.07 Å². The normalized spacial score (nSPS) is 22.0. The van der Waals surface area contributed by atoms with Gasteiger partial charge in [-0.1, -0.05) is 0 Å². The monoisotopic (exact) mass is 309 g/mol. The van der Waals surface area contributed by atoms with E-state index < -0.39 is 11.6 Å². The molecule has 3 aromatic rings. The van der Waals surface area contributed by atoms with Crippen molar-refractivity contribution in [1.82, 2.24) is 4.57 Å². The molecule has 2 atom stereocenters. The minimum Gasteiger partial charge on any atom is -0.350 e. The molecule has 0 spiro atoms. The first-order valence-electron chi connectivity index (χ1n) is 8.20. The molecule has 2 bridgehead atoms. The minimum atomic E-state index is -0.532. The molecule has 0 aliphatic heterocycles.